The van der Waals surface area contributed by atoms with Crippen molar-refractivity contribution in [3.63, 3.8) is 0 Å². The Labute approximate surface area is 152 Å². The van der Waals surface area contributed by atoms with Crippen molar-refractivity contribution in [3.8, 4) is 0 Å². The van der Waals surface area contributed by atoms with E-state index in [1.54, 1.807) is 12.3 Å². The fourth-order valence-corrected chi connectivity index (χ4v) is 4.43. The van der Waals surface area contributed by atoms with Gasteiger partial charge in [-0.15, -0.1) is 0 Å². The number of sulfonamides is 1. The van der Waals surface area contributed by atoms with Crippen LogP contribution in [-0.4, -0.2) is 44.0 Å². The molecule has 1 aromatic carbocycles. The Kier molecular flexibility index (Phi) is 5.90. The van der Waals surface area contributed by atoms with Crippen molar-refractivity contribution < 1.29 is 13.2 Å². The first-order chi connectivity index (χ1) is 12.0. The molecule has 1 aliphatic rings. The number of nitrogens with one attached hydrogen (secondary N) is 1. The van der Waals surface area contributed by atoms with Gasteiger partial charge < -0.3 is 10.1 Å². The summed E-state index contributed by atoms with van der Waals surface area (Å²) in [6.45, 7) is 2.24. The van der Waals surface area contributed by atoms with E-state index in [-0.39, 0.29) is 5.75 Å². The maximum absolute atomic E-state index is 12.7. The van der Waals surface area contributed by atoms with E-state index in [9.17, 15) is 8.42 Å². The maximum Gasteiger partial charge on any atom is 0.218 e. The van der Waals surface area contributed by atoms with Crippen LogP contribution in [0.5, 0.6) is 0 Å². The van der Waals surface area contributed by atoms with Gasteiger partial charge in [0.25, 0.3) is 0 Å². The third-order valence-corrected chi connectivity index (χ3v) is 6.06. The van der Waals surface area contributed by atoms with Crippen molar-refractivity contribution in [1.29, 1.82) is 0 Å². The standard InChI is InChI=1S/C17H20ClN3O3S/c18-17-11-16(5-6-19-17)20-12-14-3-1-2-4-15(14)13-25(22,23)21-7-9-24-10-8-21/h1-6,11H,7-10,12-13H2,(H,19,20). The molecule has 1 N–H and O–H groups in total. The number of halogens is 1. The third-order valence-electron chi connectivity index (χ3n) is 4.03. The molecule has 25 heavy (non-hydrogen) atoms. The molecule has 0 aliphatic carbocycles. The van der Waals surface area contributed by atoms with E-state index in [1.165, 1.54) is 4.31 Å². The van der Waals surface area contributed by atoms with Crippen molar-refractivity contribution in [2.75, 3.05) is 31.6 Å². The molecular formula is C17H20ClN3O3S. The average Bonchev–Trinajstić information content (AvgIpc) is 2.62. The number of morpholine rings is 1. The summed E-state index contributed by atoms with van der Waals surface area (Å²) in [5.41, 5.74) is 2.57. The zero-order valence-corrected chi connectivity index (χ0v) is 15.3. The number of ether oxygens (including phenoxy) is 1. The fourth-order valence-electron chi connectivity index (χ4n) is 2.69. The Hall–Kier alpha value is -1.67. The molecule has 0 atom stereocenters. The average molecular weight is 382 g/mol. The second-order valence-electron chi connectivity index (χ2n) is 5.76. The predicted molar refractivity (Wildman–Crippen MR) is 98.0 cm³/mol. The van der Waals surface area contributed by atoms with Crippen LogP contribution in [0.1, 0.15) is 11.1 Å². The topological polar surface area (TPSA) is 71.5 Å². The minimum absolute atomic E-state index is 0.0119. The van der Waals surface area contributed by atoms with E-state index in [0.29, 0.717) is 38.0 Å². The van der Waals surface area contributed by atoms with Crippen LogP contribution in [-0.2, 0) is 27.1 Å². The second kappa shape index (κ2) is 8.14. The molecule has 2 aromatic rings. The molecule has 0 amide bonds. The smallest absolute Gasteiger partial charge is 0.218 e. The number of rotatable bonds is 6. The number of hydrogen-bond donors (Lipinski definition) is 1. The second-order valence-corrected chi connectivity index (χ2v) is 8.11. The van der Waals surface area contributed by atoms with Crippen LogP contribution < -0.4 is 5.32 Å². The predicted octanol–water partition coefficient (Wildman–Crippen LogP) is 2.51. The highest BCUT2D eigenvalue weighted by atomic mass is 35.5. The Morgan fingerprint density at radius 2 is 1.88 bits per heavy atom. The summed E-state index contributed by atoms with van der Waals surface area (Å²) in [6, 6.07) is 11.1. The first kappa shape index (κ1) is 18.1. The van der Waals surface area contributed by atoms with Crippen molar-refractivity contribution in [2.45, 2.75) is 12.3 Å². The number of benzene rings is 1. The van der Waals surface area contributed by atoms with Crippen LogP contribution in [0, 0.1) is 0 Å². The summed E-state index contributed by atoms with van der Waals surface area (Å²) >= 11 is 5.88. The molecular weight excluding hydrogens is 362 g/mol. The van der Waals surface area contributed by atoms with E-state index in [2.05, 4.69) is 10.3 Å². The summed E-state index contributed by atoms with van der Waals surface area (Å²) in [7, 11) is -3.35. The molecule has 2 heterocycles. The Morgan fingerprint density at radius 1 is 1.16 bits per heavy atom. The highest BCUT2D eigenvalue weighted by molar-refractivity contribution is 7.88. The van der Waals surface area contributed by atoms with Crippen LogP contribution in [0.2, 0.25) is 5.15 Å². The maximum atomic E-state index is 12.7. The van der Waals surface area contributed by atoms with Crippen LogP contribution in [0.3, 0.4) is 0 Å². The molecule has 0 spiro atoms. The SMILES string of the molecule is O=S(=O)(Cc1ccccc1CNc1ccnc(Cl)c1)N1CCOCC1. The lowest BCUT2D eigenvalue weighted by molar-refractivity contribution is 0.0729. The molecule has 0 bridgehead atoms. The first-order valence-electron chi connectivity index (χ1n) is 8.02. The van der Waals surface area contributed by atoms with E-state index in [4.69, 9.17) is 16.3 Å². The molecule has 1 fully saturated rings. The minimum Gasteiger partial charge on any atom is -0.381 e. The van der Waals surface area contributed by atoms with Crippen LogP contribution in [0.4, 0.5) is 5.69 Å². The van der Waals surface area contributed by atoms with Gasteiger partial charge in [0.15, 0.2) is 0 Å². The number of aromatic nitrogens is 1. The summed E-state index contributed by atoms with van der Waals surface area (Å²) in [6.07, 6.45) is 1.62. The highest BCUT2D eigenvalue weighted by Crippen LogP contribution is 2.19. The van der Waals surface area contributed by atoms with Crippen LogP contribution >= 0.6 is 11.6 Å². The molecule has 8 heteroatoms. The zero-order chi connectivity index (χ0) is 17.7. The van der Waals surface area contributed by atoms with Gasteiger partial charge >= 0.3 is 0 Å². The summed E-state index contributed by atoms with van der Waals surface area (Å²) < 4.78 is 32.0. The van der Waals surface area contributed by atoms with Crippen molar-refractivity contribution >= 4 is 27.3 Å². The van der Waals surface area contributed by atoms with E-state index >= 15 is 0 Å². The Morgan fingerprint density at radius 3 is 2.60 bits per heavy atom. The summed E-state index contributed by atoms with van der Waals surface area (Å²) in [5, 5.41) is 3.66. The van der Waals surface area contributed by atoms with Crippen molar-refractivity contribution in [2.24, 2.45) is 0 Å². The minimum atomic E-state index is -3.35. The monoisotopic (exact) mass is 381 g/mol. The number of nitrogens with zero attached hydrogens (tertiary/aromatic N) is 2. The number of pyridine rings is 1. The van der Waals surface area contributed by atoms with Gasteiger partial charge in [-0.3, -0.25) is 0 Å². The quantitative estimate of drug-likeness (QED) is 0.778. The molecule has 0 radical (unpaired) electrons. The van der Waals surface area contributed by atoms with Gasteiger partial charge in [0, 0.05) is 31.5 Å². The number of anilines is 1. The molecule has 1 aliphatic heterocycles. The van der Waals surface area contributed by atoms with Gasteiger partial charge in [-0.25, -0.2) is 13.4 Å². The van der Waals surface area contributed by atoms with Crippen molar-refractivity contribution in [1.82, 2.24) is 9.29 Å². The lowest BCUT2D eigenvalue weighted by Crippen LogP contribution is -2.41. The van der Waals surface area contributed by atoms with Crippen LogP contribution in [0.25, 0.3) is 0 Å². The van der Waals surface area contributed by atoms with E-state index in [1.807, 2.05) is 30.3 Å². The van der Waals surface area contributed by atoms with Gasteiger partial charge in [0.05, 0.1) is 19.0 Å². The summed E-state index contributed by atoms with van der Waals surface area (Å²) in [5.74, 6) is -0.0119. The fraction of sp³-hybridized carbons (Fsp3) is 0.353. The first-order valence-corrected chi connectivity index (χ1v) is 10.0. The van der Waals surface area contributed by atoms with Gasteiger partial charge in [-0.1, -0.05) is 35.9 Å². The van der Waals surface area contributed by atoms with E-state index in [0.717, 1.165) is 16.8 Å². The molecule has 3 rings (SSSR count). The molecule has 1 saturated heterocycles. The molecule has 134 valence electrons. The molecule has 0 saturated carbocycles. The summed E-state index contributed by atoms with van der Waals surface area (Å²) in [4.78, 5) is 3.94. The van der Waals surface area contributed by atoms with Gasteiger partial charge in [0.2, 0.25) is 10.0 Å². The lowest BCUT2D eigenvalue weighted by atomic mass is 10.1. The molecule has 6 nitrogen and oxygen atoms in total. The Bertz CT molecular complexity index is 823. The molecule has 1 aromatic heterocycles. The van der Waals surface area contributed by atoms with Gasteiger partial charge in [0.1, 0.15) is 5.15 Å². The lowest BCUT2D eigenvalue weighted by Gasteiger charge is -2.26. The van der Waals surface area contributed by atoms with Crippen LogP contribution in [0.15, 0.2) is 42.6 Å². The van der Waals surface area contributed by atoms with Gasteiger partial charge in [-0.2, -0.15) is 4.31 Å². The largest absolute Gasteiger partial charge is 0.381 e. The normalized spacial score (nSPS) is 15.9. The van der Waals surface area contributed by atoms with Crippen molar-refractivity contribution in [3.05, 3.63) is 58.9 Å². The number of hydrogen-bond acceptors (Lipinski definition) is 5. The highest BCUT2D eigenvalue weighted by Gasteiger charge is 2.25. The molecule has 0 unspecified atom stereocenters. The third kappa shape index (κ3) is 4.92. The zero-order valence-electron chi connectivity index (χ0n) is 13.7. The van der Waals surface area contributed by atoms with Gasteiger partial charge in [-0.05, 0) is 23.3 Å². The van der Waals surface area contributed by atoms with E-state index < -0.39 is 10.0 Å². The Balaban J connectivity index is 1.72.